The van der Waals surface area contributed by atoms with Crippen molar-refractivity contribution in [3.63, 3.8) is 0 Å². The molecule has 0 aliphatic heterocycles. The Balaban J connectivity index is 3.07. The third kappa shape index (κ3) is 2.20. The molecule has 0 amide bonds. The van der Waals surface area contributed by atoms with E-state index in [1.165, 1.54) is 6.07 Å². The van der Waals surface area contributed by atoms with Crippen LogP contribution in [0.1, 0.15) is 24.5 Å². The lowest BCUT2D eigenvalue weighted by Gasteiger charge is -2.22. The summed E-state index contributed by atoms with van der Waals surface area (Å²) < 4.78 is 13.2. The maximum Gasteiger partial charge on any atom is 0.126 e. The van der Waals surface area contributed by atoms with E-state index in [9.17, 15) is 9.50 Å². The van der Waals surface area contributed by atoms with Gasteiger partial charge in [-0.3, -0.25) is 0 Å². The molecule has 0 aliphatic carbocycles. The zero-order valence-electron chi connectivity index (χ0n) is 8.55. The van der Waals surface area contributed by atoms with Crippen LogP contribution >= 0.6 is 0 Å². The molecule has 0 heterocycles. The summed E-state index contributed by atoms with van der Waals surface area (Å²) in [6, 6.07) is 4.78. The quantitative estimate of drug-likeness (QED) is 0.733. The zero-order chi connectivity index (χ0) is 10.8. The Morgan fingerprint density at radius 1 is 1.57 bits per heavy atom. The molecule has 1 unspecified atom stereocenters. The lowest BCUT2D eigenvalue weighted by molar-refractivity contribution is 0.0603. The second kappa shape index (κ2) is 3.93. The highest BCUT2D eigenvalue weighted by Gasteiger charge is 2.21. The molecule has 1 nitrogen and oxygen atoms in total. The fraction of sp³-hybridized carbons (Fsp3) is 0.333. The molecule has 0 saturated carbocycles. The first-order chi connectivity index (χ1) is 6.47. The fourth-order valence-corrected chi connectivity index (χ4v) is 1.33. The van der Waals surface area contributed by atoms with Gasteiger partial charge < -0.3 is 5.11 Å². The molecular weight excluding hydrogens is 179 g/mol. The maximum atomic E-state index is 13.2. The van der Waals surface area contributed by atoms with Gasteiger partial charge in [-0.2, -0.15) is 0 Å². The van der Waals surface area contributed by atoms with Crippen molar-refractivity contribution in [2.45, 2.75) is 25.9 Å². The Morgan fingerprint density at radius 3 is 2.71 bits per heavy atom. The van der Waals surface area contributed by atoms with E-state index in [1.54, 1.807) is 32.1 Å². The van der Waals surface area contributed by atoms with Crippen molar-refractivity contribution in [3.8, 4) is 0 Å². The summed E-state index contributed by atoms with van der Waals surface area (Å²) in [6.45, 7) is 6.90. The van der Waals surface area contributed by atoms with Gasteiger partial charge in [-0.05, 0) is 37.5 Å². The molecule has 1 aromatic rings. The average Bonchev–Trinajstić information content (AvgIpc) is 2.09. The van der Waals surface area contributed by atoms with E-state index >= 15 is 0 Å². The lowest BCUT2D eigenvalue weighted by Crippen LogP contribution is -2.20. The Kier molecular flexibility index (Phi) is 3.06. The van der Waals surface area contributed by atoms with Gasteiger partial charge in [-0.1, -0.05) is 18.2 Å². The summed E-state index contributed by atoms with van der Waals surface area (Å²) in [5.41, 5.74) is 0.139. The molecule has 0 aliphatic rings. The summed E-state index contributed by atoms with van der Waals surface area (Å²) >= 11 is 0. The summed E-state index contributed by atoms with van der Waals surface area (Å²) in [5, 5.41) is 9.96. The van der Waals surface area contributed by atoms with Crippen LogP contribution in [0.2, 0.25) is 0 Å². The molecule has 76 valence electrons. The number of benzene rings is 1. The van der Waals surface area contributed by atoms with E-state index in [1.807, 2.05) is 0 Å². The summed E-state index contributed by atoms with van der Waals surface area (Å²) in [6.07, 6.45) is 2.03. The third-order valence-corrected chi connectivity index (χ3v) is 2.34. The van der Waals surface area contributed by atoms with E-state index in [0.717, 1.165) is 0 Å². The van der Waals surface area contributed by atoms with Crippen LogP contribution in [0, 0.1) is 12.7 Å². The predicted octanol–water partition coefficient (Wildman–Crippen LogP) is 2.92. The van der Waals surface area contributed by atoms with Gasteiger partial charge in [0.05, 0.1) is 5.60 Å². The van der Waals surface area contributed by atoms with Gasteiger partial charge in [-0.25, -0.2) is 4.39 Å². The highest BCUT2D eigenvalue weighted by molar-refractivity contribution is 5.27. The topological polar surface area (TPSA) is 20.2 Å². The minimum Gasteiger partial charge on any atom is -0.385 e. The molecule has 0 spiro atoms. The Morgan fingerprint density at radius 2 is 2.21 bits per heavy atom. The molecule has 0 saturated heterocycles. The number of rotatable bonds is 3. The number of hydrogen-bond acceptors (Lipinski definition) is 1. The van der Waals surface area contributed by atoms with Crippen LogP contribution in [0.15, 0.2) is 30.9 Å². The molecule has 0 aromatic heterocycles. The maximum absolute atomic E-state index is 13.2. The first kappa shape index (κ1) is 10.9. The van der Waals surface area contributed by atoms with Gasteiger partial charge in [-0.15, -0.1) is 6.58 Å². The molecule has 1 aromatic carbocycles. The van der Waals surface area contributed by atoms with Crippen LogP contribution in [-0.2, 0) is 5.60 Å². The van der Waals surface area contributed by atoms with Gasteiger partial charge in [0.1, 0.15) is 5.82 Å². The van der Waals surface area contributed by atoms with Crippen molar-refractivity contribution >= 4 is 0 Å². The molecule has 0 bridgehead atoms. The van der Waals surface area contributed by atoms with Crippen LogP contribution in [-0.4, -0.2) is 5.11 Å². The highest BCUT2D eigenvalue weighted by atomic mass is 19.1. The minimum atomic E-state index is -1.03. The van der Waals surface area contributed by atoms with Crippen LogP contribution < -0.4 is 0 Å². The minimum absolute atomic E-state index is 0.285. The molecular formula is C12H15FO. The second-order valence-corrected chi connectivity index (χ2v) is 3.73. The standard InChI is InChI=1S/C12H15FO/c1-4-7-12(3,14)10-6-5-9(2)11(13)8-10/h4-6,8,14H,1,7H2,2-3H3. The molecule has 1 atom stereocenters. The van der Waals surface area contributed by atoms with Gasteiger partial charge in [0.2, 0.25) is 0 Å². The summed E-state index contributed by atoms with van der Waals surface area (Å²) in [5.74, 6) is -0.285. The van der Waals surface area contributed by atoms with Crippen molar-refractivity contribution < 1.29 is 9.50 Å². The van der Waals surface area contributed by atoms with Crippen LogP contribution in [0.5, 0.6) is 0 Å². The fourth-order valence-electron chi connectivity index (χ4n) is 1.33. The third-order valence-electron chi connectivity index (χ3n) is 2.34. The first-order valence-corrected chi connectivity index (χ1v) is 4.57. The van der Waals surface area contributed by atoms with Crippen molar-refractivity contribution in [1.29, 1.82) is 0 Å². The number of hydrogen-bond donors (Lipinski definition) is 1. The van der Waals surface area contributed by atoms with Crippen molar-refractivity contribution in [1.82, 2.24) is 0 Å². The van der Waals surface area contributed by atoms with Crippen LogP contribution in [0.3, 0.4) is 0 Å². The first-order valence-electron chi connectivity index (χ1n) is 4.57. The van der Waals surface area contributed by atoms with Crippen molar-refractivity contribution in [2.75, 3.05) is 0 Å². The number of aryl methyl sites for hydroxylation is 1. The molecule has 14 heavy (non-hydrogen) atoms. The smallest absolute Gasteiger partial charge is 0.126 e. The largest absolute Gasteiger partial charge is 0.385 e. The zero-order valence-corrected chi connectivity index (χ0v) is 8.55. The van der Waals surface area contributed by atoms with E-state index in [4.69, 9.17) is 0 Å². The van der Waals surface area contributed by atoms with Crippen molar-refractivity contribution in [2.24, 2.45) is 0 Å². The van der Waals surface area contributed by atoms with Gasteiger partial charge in [0, 0.05) is 0 Å². The molecule has 0 radical (unpaired) electrons. The van der Waals surface area contributed by atoms with Crippen molar-refractivity contribution in [3.05, 3.63) is 47.8 Å². The molecule has 0 fully saturated rings. The molecule has 1 rings (SSSR count). The van der Waals surface area contributed by atoms with Gasteiger partial charge >= 0.3 is 0 Å². The van der Waals surface area contributed by atoms with Crippen LogP contribution in [0.4, 0.5) is 4.39 Å². The normalized spacial score (nSPS) is 14.9. The average molecular weight is 194 g/mol. The summed E-state index contributed by atoms with van der Waals surface area (Å²) in [4.78, 5) is 0. The van der Waals surface area contributed by atoms with E-state index in [0.29, 0.717) is 17.5 Å². The molecule has 2 heteroatoms. The summed E-state index contributed by atoms with van der Waals surface area (Å²) in [7, 11) is 0. The Hall–Kier alpha value is -1.15. The predicted molar refractivity (Wildman–Crippen MR) is 55.5 cm³/mol. The van der Waals surface area contributed by atoms with Crippen LogP contribution in [0.25, 0.3) is 0 Å². The van der Waals surface area contributed by atoms with E-state index < -0.39 is 5.60 Å². The van der Waals surface area contributed by atoms with E-state index in [-0.39, 0.29) is 5.82 Å². The lowest BCUT2D eigenvalue weighted by atomic mass is 9.92. The monoisotopic (exact) mass is 194 g/mol. The number of halogens is 1. The second-order valence-electron chi connectivity index (χ2n) is 3.73. The SMILES string of the molecule is C=CCC(C)(O)c1ccc(C)c(F)c1. The number of aliphatic hydroxyl groups is 1. The Bertz CT molecular complexity index is 342. The highest BCUT2D eigenvalue weighted by Crippen LogP contribution is 2.25. The van der Waals surface area contributed by atoms with E-state index in [2.05, 4.69) is 6.58 Å². The van der Waals surface area contributed by atoms with Gasteiger partial charge in [0.25, 0.3) is 0 Å². The van der Waals surface area contributed by atoms with Gasteiger partial charge in [0.15, 0.2) is 0 Å². The molecule has 1 N–H and O–H groups in total. The Labute approximate surface area is 83.9 Å².